The van der Waals surface area contributed by atoms with Gasteiger partial charge in [0.1, 0.15) is 5.82 Å². The molecule has 0 spiro atoms. The zero-order valence-corrected chi connectivity index (χ0v) is 15.5. The van der Waals surface area contributed by atoms with Crippen molar-refractivity contribution in [3.63, 3.8) is 0 Å². The fraction of sp³-hybridized carbons (Fsp3) is 0.316. The van der Waals surface area contributed by atoms with Gasteiger partial charge < -0.3 is 10.6 Å². The molecule has 0 radical (unpaired) electrons. The highest BCUT2D eigenvalue weighted by Gasteiger charge is 2.27. The summed E-state index contributed by atoms with van der Waals surface area (Å²) in [5.74, 6) is 0.577. The molecular formula is C19H20FN5OS. The number of halogens is 1. The van der Waals surface area contributed by atoms with Crippen molar-refractivity contribution in [1.82, 2.24) is 19.7 Å². The molecule has 1 saturated heterocycles. The average Bonchev–Trinajstić information content (AvgIpc) is 3.37. The zero-order valence-electron chi connectivity index (χ0n) is 14.7. The Bertz CT molecular complexity index is 931. The molecule has 0 unspecified atom stereocenters. The third-order valence-electron chi connectivity index (χ3n) is 4.83. The van der Waals surface area contributed by atoms with Crippen LogP contribution in [0.2, 0.25) is 0 Å². The van der Waals surface area contributed by atoms with Crippen LogP contribution in [0.4, 0.5) is 4.39 Å². The molecule has 0 bridgehead atoms. The summed E-state index contributed by atoms with van der Waals surface area (Å²) in [6.07, 6.45) is 1.79. The monoisotopic (exact) mass is 385 g/mol. The molecule has 0 aliphatic carbocycles. The second kappa shape index (κ2) is 7.58. The predicted molar refractivity (Wildman–Crippen MR) is 102 cm³/mol. The first-order chi connectivity index (χ1) is 13.2. The van der Waals surface area contributed by atoms with Crippen molar-refractivity contribution in [2.45, 2.75) is 12.8 Å². The van der Waals surface area contributed by atoms with E-state index in [9.17, 15) is 9.18 Å². The van der Waals surface area contributed by atoms with Gasteiger partial charge in [0.2, 0.25) is 5.82 Å². The summed E-state index contributed by atoms with van der Waals surface area (Å²) in [6.45, 7) is 1.96. The summed E-state index contributed by atoms with van der Waals surface area (Å²) in [6, 6.07) is 9.93. The van der Waals surface area contributed by atoms with E-state index in [4.69, 9.17) is 5.73 Å². The second-order valence-corrected chi connectivity index (χ2v) is 7.55. The number of amides is 1. The summed E-state index contributed by atoms with van der Waals surface area (Å²) in [4.78, 5) is 20.1. The molecule has 2 N–H and O–H groups in total. The summed E-state index contributed by atoms with van der Waals surface area (Å²) < 4.78 is 15.2. The smallest absolute Gasteiger partial charge is 0.293 e. The van der Waals surface area contributed by atoms with E-state index in [1.165, 1.54) is 28.2 Å². The number of likely N-dealkylation sites (tertiary alicyclic amines) is 1. The van der Waals surface area contributed by atoms with Gasteiger partial charge in [0, 0.05) is 13.1 Å². The number of carbonyl (C=O) groups is 1. The van der Waals surface area contributed by atoms with Crippen LogP contribution in [0.25, 0.3) is 16.4 Å². The molecule has 1 fully saturated rings. The first-order valence-electron chi connectivity index (χ1n) is 8.92. The van der Waals surface area contributed by atoms with E-state index in [0.717, 1.165) is 17.7 Å². The van der Waals surface area contributed by atoms with Crippen LogP contribution >= 0.6 is 11.3 Å². The number of hydrogen-bond acceptors (Lipinski definition) is 5. The highest BCUT2D eigenvalue weighted by Crippen LogP contribution is 2.26. The van der Waals surface area contributed by atoms with Crippen molar-refractivity contribution < 1.29 is 9.18 Å². The lowest BCUT2D eigenvalue weighted by Crippen LogP contribution is -2.40. The molecule has 8 heteroatoms. The molecule has 1 amide bonds. The van der Waals surface area contributed by atoms with Crippen molar-refractivity contribution in [3.8, 4) is 16.4 Å². The molecule has 3 heterocycles. The Morgan fingerprint density at radius 1 is 1.26 bits per heavy atom. The molecule has 4 rings (SSSR count). The number of hydrogen-bond donors (Lipinski definition) is 1. The maximum Gasteiger partial charge on any atom is 0.293 e. The quantitative estimate of drug-likeness (QED) is 0.749. The second-order valence-electron chi connectivity index (χ2n) is 6.60. The van der Waals surface area contributed by atoms with Gasteiger partial charge in [0.25, 0.3) is 5.91 Å². The summed E-state index contributed by atoms with van der Waals surface area (Å²) in [5.41, 5.74) is 6.26. The summed E-state index contributed by atoms with van der Waals surface area (Å²) in [7, 11) is 0. The third kappa shape index (κ3) is 3.63. The molecule has 0 saturated carbocycles. The maximum atomic E-state index is 13.7. The van der Waals surface area contributed by atoms with Crippen LogP contribution in [0.3, 0.4) is 0 Å². The molecule has 140 valence electrons. The Balaban J connectivity index is 1.68. The highest BCUT2D eigenvalue weighted by molar-refractivity contribution is 7.13. The normalized spacial score (nSPS) is 15.3. The van der Waals surface area contributed by atoms with Crippen LogP contribution in [0.15, 0.2) is 41.8 Å². The SMILES string of the molecule is NCC1CCN(C(=O)c2nc(-c3cccs3)n(-c3cccc(F)c3)n2)CC1. The standard InChI is InChI=1S/C19H20FN5OS/c20-14-3-1-4-15(11-14)25-18(16-5-2-10-27-16)22-17(23-25)19(26)24-8-6-13(12-21)7-9-24/h1-5,10-11,13H,6-9,12,21H2. The molecular weight excluding hydrogens is 365 g/mol. The number of piperidine rings is 1. The van der Waals surface area contributed by atoms with Gasteiger partial charge in [-0.3, -0.25) is 4.79 Å². The van der Waals surface area contributed by atoms with E-state index in [0.29, 0.717) is 37.1 Å². The summed E-state index contributed by atoms with van der Waals surface area (Å²) >= 11 is 1.50. The van der Waals surface area contributed by atoms with Crippen LogP contribution in [-0.2, 0) is 0 Å². The van der Waals surface area contributed by atoms with E-state index < -0.39 is 0 Å². The Kier molecular flexibility index (Phi) is 5.00. The Labute approximate surface area is 160 Å². The van der Waals surface area contributed by atoms with Crippen LogP contribution in [0.1, 0.15) is 23.5 Å². The number of benzene rings is 1. The Hall–Kier alpha value is -2.58. The zero-order chi connectivity index (χ0) is 18.8. The minimum absolute atomic E-state index is 0.133. The van der Waals surface area contributed by atoms with E-state index in [1.54, 1.807) is 17.0 Å². The molecule has 27 heavy (non-hydrogen) atoms. The molecule has 1 aliphatic rings. The molecule has 2 aromatic heterocycles. The van der Waals surface area contributed by atoms with Gasteiger partial charge >= 0.3 is 0 Å². The molecule has 0 atom stereocenters. The lowest BCUT2D eigenvalue weighted by atomic mass is 9.97. The predicted octanol–water partition coefficient (Wildman–Crippen LogP) is 2.95. The molecule has 1 aromatic carbocycles. The average molecular weight is 385 g/mol. The van der Waals surface area contributed by atoms with Crippen LogP contribution in [-0.4, -0.2) is 45.2 Å². The number of nitrogens with two attached hydrogens (primary N) is 1. The van der Waals surface area contributed by atoms with Gasteiger partial charge in [-0.1, -0.05) is 12.1 Å². The van der Waals surface area contributed by atoms with Crippen molar-refractivity contribution >= 4 is 17.2 Å². The number of carbonyl (C=O) groups excluding carboxylic acids is 1. The van der Waals surface area contributed by atoms with Crippen LogP contribution in [0, 0.1) is 11.7 Å². The van der Waals surface area contributed by atoms with Crippen molar-refractivity contribution in [2.24, 2.45) is 11.7 Å². The van der Waals surface area contributed by atoms with Crippen molar-refractivity contribution in [3.05, 3.63) is 53.4 Å². The lowest BCUT2D eigenvalue weighted by Gasteiger charge is -2.30. The molecule has 6 nitrogen and oxygen atoms in total. The van der Waals surface area contributed by atoms with E-state index in [1.807, 2.05) is 17.5 Å². The van der Waals surface area contributed by atoms with Gasteiger partial charge in [-0.2, -0.15) is 0 Å². The minimum Gasteiger partial charge on any atom is -0.336 e. The van der Waals surface area contributed by atoms with Crippen LogP contribution in [0.5, 0.6) is 0 Å². The first-order valence-corrected chi connectivity index (χ1v) is 9.80. The van der Waals surface area contributed by atoms with E-state index >= 15 is 0 Å². The number of thiophene rings is 1. The fourth-order valence-corrected chi connectivity index (χ4v) is 3.97. The summed E-state index contributed by atoms with van der Waals surface area (Å²) in [5, 5.41) is 6.35. The largest absolute Gasteiger partial charge is 0.336 e. The molecule has 3 aromatic rings. The van der Waals surface area contributed by atoms with Gasteiger partial charge in [-0.05, 0) is 54.9 Å². The molecule has 1 aliphatic heterocycles. The third-order valence-corrected chi connectivity index (χ3v) is 5.69. The van der Waals surface area contributed by atoms with Gasteiger partial charge in [-0.15, -0.1) is 16.4 Å². The number of aromatic nitrogens is 3. The highest BCUT2D eigenvalue weighted by atomic mass is 32.1. The van der Waals surface area contributed by atoms with E-state index in [2.05, 4.69) is 10.1 Å². The van der Waals surface area contributed by atoms with Gasteiger partial charge in [0.15, 0.2) is 5.82 Å². The van der Waals surface area contributed by atoms with Gasteiger partial charge in [0.05, 0.1) is 10.6 Å². The Morgan fingerprint density at radius 2 is 2.07 bits per heavy atom. The lowest BCUT2D eigenvalue weighted by molar-refractivity contribution is 0.0681. The maximum absolute atomic E-state index is 13.7. The van der Waals surface area contributed by atoms with Crippen molar-refractivity contribution in [2.75, 3.05) is 19.6 Å². The topological polar surface area (TPSA) is 77.0 Å². The van der Waals surface area contributed by atoms with Gasteiger partial charge in [-0.25, -0.2) is 14.1 Å². The van der Waals surface area contributed by atoms with Crippen LogP contribution < -0.4 is 5.73 Å². The Morgan fingerprint density at radius 3 is 2.74 bits per heavy atom. The first kappa shape index (κ1) is 17.8. The van der Waals surface area contributed by atoms with E-state index in [-0.39, 0.29) is 17.5 Å². The number of rotatable bonds is 4. The fourth-order valence-electron chi connectivity index (χ4n) is 3.27. The van der Waals surface area contributed by atoms with Crippen molar-refractivity contribution in [1.29, 1.82) is 0 Å². The number of nitrogens with zero attached hydrogens (tertiary/aromatic N) is 4. The minimum atomic E-state index is -0.364.